The Bertz CT molecular complexity index is 618. The molecule has 2 heterocycles. The van der Waals surface area contributed by atoms with Crippen molar-refractivity contribution in [2.45, 2.75) is 13.5 Å². The van der Waals surface area contributed by atoms with Crippen molar-refractivity contribution in [2.75, 3.05) is 21.1 Å². The van der Waals surface area contributed by atoms with Crippen LogP contribution in [0.2, 0.25) is 0 Å². The highest BCUT2D eigenvalue weighted by atomic mass is 16.2. The first-order chi connectivity index (χ1) is 9.52. The lowest BCUT2D eigenvalue weighted by atomic mass is 10.2. The third kappa shape index (κ3) is 2.85. The van der Waals surface area contributed by atoms with Gasteiger partial charge in [0.1, 0.15) is 0 Å². The van der Waals surface area contributed by atoms with E-state index in [1.54, 1.807) is 31.0 Å². The summed E-state index contributed by atoms with van der Waals surface area (Å²) in [6.45, 7) is 2.76. The molecule has 20 heavy (non-hydrogen) atoms. The van der Waals surface area contributed by atoms with Crippen LogP contribution < -0.4 is 5.32 Å². The fourth-order valence-corrected chi connectivity index (χ4v) is 1.95. The maximum Gasteiger partial charge on any atom is 0.273 e. The normalized spacial score (nSPS) is 10.6. The Morgan fingerprint density at radius 2 is 2.20 bits per heavy atom. The first-order valence-electron chi connectivity index (χ1n) is 6.40. The van der Waals surface area contributed by atoms with Crippen LogP contribution in [0, 0.1) is 6.92 Å². The number of aryl methyl sites for hydroxylation is 1. The molecule has 0 unspecified atom stereocenters. The van der Waals surface area contributed by atoms with Crippen molar-refractivity contribution in [3.63, 3.8) is 0 Å². The number of pyridine rings is 1. The third-order valence-electron chi connectivity index (χ3n) is 2.92. The van der Waals surface area contributed by atoms with E-state index in [2.05, 4.69) is 21.5 Å². The van der Waals surface area contributed by atoms with Gasteiger partial charge in [0.25, 0.3) is 5.91 Å². The van der Waals surface area contributed by atoms with Crippen molar-refractivity contribution >= 4 is 5.91 Å². The van der Waals surface area contributed by atoms with Crippen molar-refractivity contribution < 1.29 is 4.79 Å². The van der Waals surface area contributed by atoms with E-state index in [4.69, 9.17) is 0 Å². The number of hydrogen-bond donors (Lipinski definition) is 1. The number of carbonyl (C=O) groups is 1. The van der Waals surface area contributed by atoms with Crippen molar-refractivity contribution in [2.24, 2.45) is 0 Å². The van der Waals surface area contributed by atoms with Crippen molar-refractivity contribution in [1.29, 1.82) is 0 Å². The van der Waals surface area contributed by atoms with Gasteiger partial charge in [-0.25, -0.2) is 9.67 Å². The number of nitrogens with one attached hydrogen (secondary N) is 1. The molecular formula is C14H19N5O. The highest BCUT2D eigenvalue weighted by Crippen LogP contribution is 2.13. The second-order valence-electron chi connectivity index (χ2n) is 4.86. The summed E-state index contributed by atoms with van der Waals surface area (Å²) in [5, 5.41) is 7.37. The van der Waals surface area contributed by atoms with Crippen LogP contribution in [-0.2, 0) is 6.54 Å². The van der Waals surface area contributed by atoms with Gasteiger partial charge >= 0.3 is 0 Å². The molecular weight excluding hydrogens is 254 g/mol. The highest BCUT2D eigenvalue weighted by molar-refractivity contribution is 5.91. The molecule has 0 saturated heterocycles. The molecule has 0 aromatic carbocycles. The molecule has 2 aromatic heterocycles. The molecule has 0 radical (unpaired) electrons. The quantitative estimate of drug-likeness (QED) is 0.902. The maximum atomic E-state index is 11.8. The smallest absolute Gasteiger partial charge is 0.273 e. The number of aromatic nitrogens is 3. The first kappa shape index (κ1) is 14.2. The molecule has 0 saturated carbocycles. The number of amides is 1. The molecule has 6 heteroatoms. The van der Waals surface area contributed by atoms with Crippen LogP contribution in [0.3, 0.4) is 0 Å². The summed E-state index contributed by atoms with van der Waals surface area (Å²) in [6, 6.07) is 3.76. The molecule has 0 aliphatic rings. The summed E-state index contributed by atoms with van der Waals surface area (Å²) in [5.41, 5.74) is 2.55. The average Bonchev–Trinajstić information content (AvgIpc) is 2.87. The van der Waals surface area contributed by atoms with Crippen LogP contribution in [0.15, 0.2) is 24.5 Å². The van der Waals surface area contributed by atoms with Gasteiger partial charge in [-0.15, -0.1) is 0 Å². The van der Waals surface area contributed by atoms with Gasteiger partial charge in [-0.2, -0.15) is 5.10 Å². The predicted octanol–water partition coefficient (Wildman–Crippen LogP) is 0.997. The molecule has 0 fully saturated rings. The lowest BCUT2D eigenvalue weighted by molar-refractivity contribution is 0.0821. The number of hydrogen-bond acceptors (Lipinski definition) is 4. The van der Waals surface area contributed by atoms with Gasteiger partial charge < -0.3 is 10.2 Å². The highest BCUT2D eigenvalue weighted by Gasteiger charge is 2.13. The largest absolute Gasteiger partial charge is 0.343 e. The second kappa shape index (κ2) is 5.83. The Hall–Kier alpha value is -2.21. The second-order valence-corrected chi connectivity index (χ2v) is 4.86. The standard InChI is InChI=1S/C14H19N5O/c1-10-7-11(8-15-2)9-16-13(10)19-6-5-12(17-19)14(20)18(3)4/h5-7,9,15H,8H2,1-4H3. The zero-order chi connectivity index (χ0) is 14.7. The summed E-state index contributed by atoms with van der Waals surface area (Å²) in [7, 11) is 5.31. The van der Waals surface area contributed by atoms with E-state index in [0.29, 0.717) is 5.69 Å². The lowest BCUT2D eigenvalue weighted by Crippen LogP contribution is -2.22. The zero-order valence-corrected chi connectivity index (χ0v) is 12.2. The molecule has 106 valence electrons. The Morgan fingerprint density at radius 1 is 1.45 bits per heavy atom. The van der Waals surface area contributed by atoms with Gasteiger partial charge in [-0.3, -0.25) is 4.79 Å². The van der Waals surface area contributed by atoms with Crippen LogP contribution in [0.1, 0.15) is 21.6 Å². The SMILES string of the molecule is CNCc1cnc(-n2ccc(C(=O)N(C)C)n2)c(C)c1. The molecule has 0 aliphatic carbocycles. The van der Waals surface area contributed by atoms with Crippen LogP contribution in [0.4, 0.5) is 0 Å². The van der Waals surface area contributed by atoms with E-state index in [9.17, 15) is 4.79 Å². The number of carbonyl (C=O) groups excluding carboxylic acids is 1. The summed E-state index contributed by atoms with van der Waals surface area (Å²) in [4.78, 5) is 17.8. The van der Waals surface area contributed by atoms with Gasteiger partial charge in [0.2, 0.25) is 0 Å². The Balaban J connectivity index is 2.30. The Kier molecular flexibility index (Phi) is 4.14. The van der Waals surface area contributed by atoms with Crippen molar-refractivity contribution in [3.05, 3.63) is 41.3 Å². The molecule has 0 bridgehead atoms. The summed E-state index contributed by atoms with van der Waals surface area (Å²) in [5.74, 6) is 0.621. The average molecular weight is 273 g/mol. The van der Waals surface area contributed by atoms with Crippen molar-refractivity contribution in [3.8, 4) is 5.82 Å². The molecule has 6 nitrogen and oxygen atoms in total. The van der Waals surface area contributed by atoms with Crippen LogP contribution in [0.5, 0.6) is 0 Å². The molecule has 0 aliphatic heterocycles. The van der Waals surface area contributed by atoms with Gasteiger partial charge in [0.15, 0.2) is 11.5 Å². The van der Waals surface area contributed by atoms with Gasteiger partial charge in [-0.05, 0) is 37.2 Å². The van der Waals surface area contributed by atoms with E-state index in [-0.39, 0.29) is 5.91 Å². The topological polar surface area (TPSA) is 63.1 Å². The van der Waals surface area contributed by atoms with E-state index in [1.165, 1.54) is 4.90 Å². The van der Waals surface area contributed by atoms with Crippen LogP contribution in [0.25, 0.3) is 5.82 Å². The van der Waals surface area contributed by atoms with Gasteiger partial charge in [-0.1, -0.05) is 0 Å². The third-order valence-corrected chi connectivity index (χ3v) is 2.92. The van der Waals surface area contributed by atoms with Gasteiger partial charge in [0, 0.05) is 33.0 Å². The van der Waals surface area contributed by atoms with Crippen LogP contribution in [-0.4, -0.2) is 46.7 Å². The summed E-state index contributed by atoms with van der Waals surface area (Å²) < 4.78 is 1.63. The minimum atomic E-state index is -0.117. The lowest BCUT2D eigenvalue weighted by Gasteiger charge is -2.08. The molecule has 2 rings (SSSR count). The zero-order valence-electron chi connectivity index (χ0n) is 12.2. The van der Waals surface area contributed by atoms with Gasteiger partial charge in [0.05, 0.1) is 0 Å². The number of rotatable bonds is 4. The minimum absolute atomic E-state index is 0.117. The Labute approximate surface area is 118 Å². The van der Waals surface area contributed by atoms with Crippen LogP contribution >= 0.6 is 0 Å². The van der Waals surface area contributed by atoms with E-state index >= 15 is 0 Å². The minimum Gasteiger partial charge on any atom is -0.343 e. The molecule has 1 amide bonds. The molecule has 1 N–H and O–H groups in total. The van der Waals surface area contributed by atoms with E-state index < -0.39 is 0 Å². The molecule has 2 aromatic rings. The van der Waals surface area contributed by atoms with Crippen molar-refractivity contribution in [1.82, 2.24) is 25.0 Å². The molecule has 0 spiro atoms. The monoisotopic (exact) mass is 273 g/mol. The fourth-order valence-electron chi connectivity index (χ4n) is 1.95. The summed E-state index contributed by atoms with van der Waals surface area (Å²) >= 11 is 0. The predicted molar refractivity (Wildman–Crippen MR) is 76.9 cm³/mol. The summed E-state index contributed by atoms with van der Waals surface area (Å²) in [6.07, 6.45) is 3.57. The number of nitrogens with zero attached hydrogens (tertiary/aromatic N) is 4. The van der Waals surface area contributed by atoms with E-state index in [0.717, 1.165) is 23.5 Å². The van der Waals surface area contributed by atoms with E-state index in [1.807, 2.05) is 20.2 Å². The molecule has 0 atom stereocenters. The Morgan fingerprint density at radius 3 is 2.80 bits per heavy atom. The first-order valence-corrected chi connectivity index (χ1v) is 6.40. The fraction of sp³-hybridized carbons (Fsp3) is 0.357. The maximum absolute atomic E-state index is 11.8.